The van der Waals surface area contributed by atoms with Crippen LogP contribution in [0.3, 0.4) is 0 Å². The molecular weight excluding hydrogens is 314 g/mol. The van der Waals surface area contributed by atoms with E-state index in [2.05, 4.69) is 25.9 Å². The lowest BCUT2D eigenvalue weighted by Crippen LogP contribution is -2.50. The number of ether oxygens (including phenoxy) is 2. The molecule has 1 unspecified atom stereocenters. The third-order valence-corrected chi connectivity index (χ3v) is 4.36. The van der Waals surface area contributed by atoms with Gasteiger partial charge in [-0.1, -0.05) is 0 Å². The Kier molecular flexibility index (Phi) is 4.59. The first-order valence-corrected chi connectivity index (χ1v) is 6.91. The maximum Gasteiger partial charge on any atom is 0.325 e. The standard InChI is InChI=1S/C12H18BrN3O3/c1-8-11(13)9(15(2)14-8)6-16-4-5-19-7-10(16)12(17)18-3/h10H,4-7H2,1-3H3. The first-order valence-electron chi connectivity index (χ1n) is 6.12. The number of aryl methyl sites for hydroxylation is 2. The van der Waals surface area contributed by atoms with E-state index in [1.165, 1.54) is 7.11 Å². The zero-order chi connectivity index (χ0) is 14.0. The molecule has 0 N–H and O–H groups in total. The molecule has 1 aromatic rings. The number of morpholine rings is 1. The minimum atomic E-state index is -0.346. The van der Waals surface area contributed by atoms with Crippen LogP contribution in [0.2, 0.25) is 0 Å². The Balaban J connectivity index is 2.17. The van der Waals surface area contributed by atoms with Gasteiger partial charge in [0.25, 0.3) is 0 Å². The largest absolute Gasteiger partial charge is 0.468 e. The SMILES string of the molecule is COC(=O)C1COCCN1Cc1c(Br)c(C)nn1C. The van der Waals surface area contributed by atoms with Crippen molar-refractivity contribution < 1.29 is 14.3 Å². The van der Waals surface area contributed by atoms with Gasteiger partial charge in [-0.15, -0.1) is 0 Å². The zero-order valence-electron chi connectivity index (χ0n) is 11.4. The Morgan fingerprint density at radius 1 is 1.63 bits per heavy atom. The van der Waals surface area contributed by atoms with Crippen molar-refractivity contribution in [1.82, 2.24) is 14.7 Å². The molecule has 106 valence electrons. The van der Waals surface area contributed by atoms with E-state index >= 15 is 0 Å². The van der Waals surface area contributed by atoms with Gasteiger partial charge in [-0.3, -0.25) is 14.4 Å². The van der Waals surface area contributed by atoms with E-state index in [1.54, 1.807) is 0 Å². The first kappa shape index (κ1) is 14.5. The van der Waals surface area contributed by atoms with E-state index in [4.69, 9.17) is 9.47 Å². The molecule has 0 amide bonds. The smallest absolute Gasteiger partial charge is 0.325 e. The molecule has 19 heavy (non-hydrogen) atoms. The summed E-state index contributed by atoms with van der Waals surface area (Å²) >= 11 is 3.54. The maximum absolute atomic E-state index is 11.8. The van der Waals surface area contributed by atoms with Crippen molar-refractivity contribution in [1.29, 1.82) is 0 Å². The number of carbonyl (C=O) groups excluding carboxylic acids is 1. The van der Waals surface area contributed by atoms with E-state index in [-0.39, 0.29) is 12.0 Å². The predicted octanol–water partition coefficient (Wildman–Crippen LogP) is 0.865. The number of nitrogens with zero attached hydrogens (tertiary/aromatic N) is 3. The maximum atomic E-state index is 11.8. The third kappa shape index (κ3) is 2.98. The van der Waals surface area contributed by atoms with Crippen LogP contribution >= 0.6 is 15.9 Å². The molecule has 0 radical (unpaired) electrons. The average Bonchev–Trinajstić information content (AvgIpc) is 2.65. The van der Waals surface area contributed by atoms with Gasteiger partial charge in [0.05, 0.1) is 36.2 Å². The van der Waals surface area contributed by atoms with Crippen LogP contribution in [-0.2, 0) is 27.9 Å². The molecule has 1 saturated heterocycles. The number of carbonyl (C=O) groups is 1. The molecule has 2 heterocycles. The van der Waals surface area contributed by atoms with E-state index in [0.29, 0.717) is 26.3 Å². The normalized spacial score (nSPS) is 20.5. The van der Waals surface area contributed by atoms with Gasteiger partial charge in [0, 0.05) is 20.1 Å². The van der Waals surface area contributed by atoms with Gasteiger partial charge in [-0.2, -0.15) is 5.10 Å². The van der Waals surface area contributed by atoms with E-state index < -0.39 is 0 Å². The average molecular weight is 332 g/mol. The molecular formula is C12H18BrN3O3. The minimum absolute atomic E-state index is 0.255. The topological polar surface area (TPSA) is 56.6 Å². The van der Waals surface area contributed by atoms with Crippen LogP contribution in [0.1, 0.15) is 11.4 Å². The number of rotatable bonds is 3. The number of hydrogen-bond donors (Lipinski definition) is 0. The van der Waals surface area contributed by atoms with Crippen molar-refractivity contribution in [2.45, 2.75) is 19.5 Å². The van der Waals surface area contributed by atoms with Crippen molar-refractivity contribution in [2.24, 2.45) is 7.05 Å². The van der Waals surface area contributed by atoms with E-state index in [1.807, 2.05) is 18.7 Å². The van der Waals surface area contributed by atoms with Crippen LogP contribution < -0.4 is 0 Å². The van der Waals surface area contributed by atoms with Crippen LogP contribution in [0.5, 0.6) is 0 Å². The molecule has 1 aromatic heterocycles. The van der Waals surface area contributed by atoms with Gasteiger partial charge < -0.3 is 9.47 Å². The Labute approximate surface area is 120 Å². The molecule has 0 aromatic carbocycles. The summed E-state index contributed by atoms with van der Waals surface area (Å²) in [6.45, 7) is 4.30. The molecule has 1 fully saturated rings. The first-order chi connectivity index (χ1) is 9.04. The lowest BCUT2D eigenvalue weighted by Gasteiger charge is -2.33. The van der Waals surface area contributed by atoms with Gasteiger partial charge in [0.2, 0.25) is 0 Å². The van der Waals surface area contributed by atoms with Gasteiger partial charge in [-0.05, 0) is 22.9 Å². The van der Waals surface area contributed by atoms with Crippen LogP contribution in [0.15, 0.2) is 4.47 Å². The Hall–Kier alpha value is -0.920. The quantitative estimate of drug-likeness (QED) is 0.769. The van der Waals surface area contributed by atoms with Crippen molar-refractivity contribution in [3.8, 4) is 0 Å². The summed E-state index contributed by atoms with van der Waals surface area (Å²) in [5, 5.41) is 4.36. The highest BCUT2D eigenvalue weighted by atomic mass is 79.9. The summed E-state index contributed by atoms with van der Waals surface area (Å²) in [5.74, 6) is -0.255. The fourth-order valence-corrected chi connectivity index (χ4v) is 2.69. The highest BCUT2D eigenvalue weighted by Crippen LogP contribution is 2.23. The number of halogens is 1. The molecule has 1 aliphatic heterocycles. The third-order valence-electron chi connectivity index (χ3n) is 3.33. The number of hydrogen-bond acceptors (Lipinski definition) is 5. The Morgan fingerprint density at radius 3 is 2.95 bits per heavy atom. The Morgan fingerprint density at radius 2 is 2.37 bits per heavy atom. The van der Waals surface area contributed by atoms with Gasteiger partial charge in [0.1, 0.15) is 6.04 Å². The summed E-state index contributed by atoms with van der Waals surface area (Å²) in [5.41, 5.74) is 1.99. The molecule has 6 nitrogen and oxygen atoms in total. The fraction of sp³-hybridized carbons (Fsp3) is 0.667. The molecule has 2 rings (SSSR count). The lowest BCUT2D eigenvalue weighted by molar-refractivity contribution is -0.153. The number of esters is 1. The zero-order valence-corrected chi connectivity index (χ0v) is 12.9. The number of methoxy groups -OCH3 is 1. The van der Waals surface area contributed by atoms with Crippen LogP contribution in [-0.4, -0.2) is 53.6 Å². The lowest BCUT2D eigenvalue weighted by atomic mass is 10.2. The molecule has 0 aliphatic carbocycles. The van der Waals surface area contributed by atoms with Crippen LogP contribution in [0.4, 0.5) is 0 Å². The monoisotopic (exact) mass is 331 g/mol. The van der Waals surface area contributed by atoms with E-state index in [9.17, 15) is 4.79 Å². The van der Waals surface area contributed by atoms with E-state index in [0.717, 1.165) is 15.9 Å². The van der Waals surface area contributed by atoms with Gasteiger partial charge in [0.15, 0.2) is 0 Å². The highest BCUT2D eigenvalue weighted by Gasteiger charge is 2.31. The summed E-state index contributed by atoms with van der Waals surface area (Å²) in [4.78, 5) is 13.8. The van der Waals surface area contributed by atoms with Crippen molar-refractivity contribution in [3.05, 3.63) is 15.9 Å². The second kappa shape index (κ2) is 6.02. The molecule has 1 atom stereocenters. The number of aromatic nitrogens is 2. The minimum Gasteiger partial charge on any atom is -0.468 e. The summed E-state index contributed by atoms with van der Waals surface area (Å²) < 4.78 is 13.0. The van der Waals surface area contributed by atoms with Gasteiger partial charge in [-0.25, -0.2) is 0 Å². The summed E-state index contributed by atoms with van der Waals surface area (Å²) in [7, 11) is 3.31. The highest BCUT2D eigenvalue weighted by molar-refractivity contribution is 9.10. The molecule has 0 spiro atoms. The molecule has 0 bridgehead atoms. The summed E-state index contributed by atoms with van der Waals surface area (Å²) in [6, 6.07) is -0.346. The summed E-state index contributed by atoms with van der Waals surface area (Å²) in [6.07, 6.45) is 0. The van der Waals surface area contributed by atoms with Gasteiger partial charge >= 0.3 is 5.97 Å². The molecule has 1 aliphatic rings. The van der Waals surface area contributed by atoms with Crippen LogP contribution in [0.25, 0.3) is 0 Å². The second-order valence-corrected chi connectivity index (χ2v) is 5.35. The van der Waals surface area contributed by atoms with Crippen molar-refractivity contribution in [2.75, 3.05) is 26.9 Å². The predicted molar refractivity (Wildman–Crippen MR) is 72.7 cm³/mol. The molecule has 0 saturated carbocycles. The van der Waals surface area contributed by atoms with Crippen molar-refractivity contribution >= 4 is 21.9 Å². The fourth-order valence-electron chi connectivity index (χ4n) is 2.22. The van der Waals surface area contributed by atoms with Crippen molar-refractivity contribution in [3.63, 3.8) is 0 Å². The van der Waals surface area contributed by atoms with Crippen LogP contribution in [0, 0.1) is 6.92 Å². The Bertz CT molecular complexity index is 475. The second-order valence-electron chi connectivity index (χ2n) is 4.55. The molecule has 7 heteroatoms.